The molecule has 6 heteroatoms. The molecule has 0 aromatic heterocycles. The number of fused-ring (bicyclic) bond motifs is 3. The monoisotopic (exact) mass is 360 g/mol. The van der Waals surface area contributed by atoms with Gasteiger partial charge < -0.3 is 19.5 Å². The van der Waals surface area contributed by atoms with Gasteiger partial charge in [-0.2, -0.15) is 0 Å². The minimum atomic E-state index is 0.0626. The van der Waals surface area contributed by atoms with Crippen LogP contribution in [0.25, 0.3) is 0 Å². The van der Waals surface area contributed by atoms with E-state index in [1.54, 1.807) is 14.2 Å². The van der Waals surface area contributed by atoms with Gasteiger partial charge in [0.05, 0.1) is 32.3 Å². The zero-order valence-electron chi connectivity index (χ0n) is 15.6. The van der Waals surface area contributed by atoms with E-state index in [-0.39, 0.29) is 17.9 Å². The SMILES string of the molecule is COc1cc2c(cc1OC)CN(CCNC(=O)C1CC3CCC1O3)CC2. The lowest BCUT2D eigenvalue weighted by atomic mass is 9.88. The molecule has 142 valence electrons. The lowest BCUT2D eigenvalue weighted by Gasteiger charge is -2.29. The number of rotatable bonds is 6. The standard InChI is InChI=1S/C20H28N2O4/c1-24-18-9-13-5-7-22(12-14(13)10-19(18)25-2)8-6-21-20(23)16-11-15-3-4-17(16)26-15/h9-10,15-17H,3-8,11-12H2,1-2H3,(H,21,23). The fourth-order valence-corrected chi connectivity index (χ4v) is 4.51. The molecule has 3 unspecified atom stereocenters. The zero-order chi connectivity index (χ0) is 18.1. The van der Waals surface area contributed by atoms with E-state index in [4.69, 9.17) is 14.2 Å². The van der Waals surface area contributed by atoms with Crippen LogP contribution in [0.4, 0.5) is 0 Å². The first-order chi connectivity index (χ1) is 12.7. The molecule has 2 saturated heterocycles. The van der Waals surface area contributed by atoms with Gasteiger partial charge in [-0.1, -0.05) is 0 Å². The third kappa shape index (κ3) is 3.40. The molecule has 0 spiro atoms. The van der Waals surface area contributed by atoms with E-state index in [0.29, 0.717) is 12.6 Å². The fourth-order valence-electron chi connectivity index (χ4n) is 4.51. The molecule has 3 aliphatic rings. The summed E-state index contributed by atoms with van der Waals surface area (Å²) in [5.41, 5.74) is 2.60. The molecule has 1 amide bonds. The van der Waals surface area contributed by atoms with Crippen molar-refractivity contribution in [3.63, 3.8) is 0 Å². The maximum Gasteiger partial charge on any atom is 0.225 e. The second-order valence-corrected chi connectivity index (χ2v) is 7.51. The Morgan fingerprint density at radius 2 is 2.00 bits per heavy atom. The number of carbonyl (C=O) groups is 1. The molecular weight excluding hydrogens is 332 g/mol. The van der Waals surface area contributed by atoms with E-state index in [2.05, 4.69) is 22.3 Å². The lowest BCUT2D eigenvalue weighted by Crippen LogP contribution is -2.41. The van der Waals surface area contributed by atoms with Gasteiger partial charge in [-0.25, -0.2) is 0 Å². The average molecular weight is 360 g/mol. The highest BCUT2D eigenvalue weighted by Gasteiger charge is 2.44. The number of nitrogens with zero attached hydrogens (tertiary/aromatic N) is 1. The number of benzene rings is 1. The maximum absolute atomic E-state index is 12.4. The minimum Gasteiger partial charge on any atom is -0.493 e. The molecule has 26 heavy (non-hydrogen) atoms. The quantitative estimate of drug-likeness (QED) is 0.837. The Morgan fingerprint density at radius 3 is 2.65 bits per heavy atom. The van der Waals surface area contributed by atoms with Gasteiger partial charge in [-0.3, -0.25) is 9.69 Å². The Labute approximate surface area is 154 Å². The van der Waals surface area contributed by atoms with Crippen molar-refractivity contribution in [3.05, 3.63) is 23.3 Å². The van der Waals surface area contributed by atoms with Crippen LogP contribution in [0, 0.1) is 5.92 Å². The predicted molar refractivity (Wildman–Crippen MR) is 97.5 cm³/mol. The topological polar surface area (TPSA) is 60.0 Å². The van der Waals surface area contributed by atoms with Gasteiger partial charge in [0.1, 0.15) is 0 Å². The third-order valence-corrected chi connectivity index (χ3v) is 5.97. The second-order valence-electron chi connectivity index (χ2n) is 7.51. The van der Waals surface area contributed by atoms with Gasteiger partial charge in [0, 0.05) is 26.2 Å². The van der Waals surface area contributed by atoms with Crippen molar-refractivity contribution in [2.75, 3.05) is 33.9 Å². The van der Waals surface area contributed by atoms with Crippen LogP contribution in [-0.2, 0) is 22.5 Å². The Balaban J connectivity index is 1.28. The number of hydrogen-bond acceptors (Lipinski definition) is 5. The van der Waals surface area contributed by atoms with Crippen molar-refractivity contribution in [2.24, 2.45) is 5.92 Å². The minimum absolute atomic E-state index is 0.0626. The molecule has 1 aromatic carbocycles. The number of amides is 1. The molecule has 3 heterocycles. The number of nitrogens with one attached hydrogen (secondary N) is 1. The van der Waals surface area contributed by atoms with Crippen LogP contribution < -0.4 is 14.8 Å². The third-order valence-electron chi connectivity index (χ3n) is 5.97. The second kappa shape index (κ2) is 7.45. The van der Waals surface area contributed by atoms with E-state index in [1.165, 1.54) is 11.1 Å². The molecule has 1 N–H and O–H groups in total. The summed E-state index contributed by atoms with van der Waals surface area (Å²) in [6.07, 6.45) is 4.52. The van der Waals surface area contributed by atoms with Crippen LogP contribution in [0.5, 0.6) is 11.5 Å². The molecule has 1 aromatic rings. The molecule has 0 radical (unpaired) electrons. The number of carbonyl (C=O) groups excluding carboxylic acids is 1. The summed E-state index contributed by atoms with van der Waals surface area (Å²) in [6, 6.07) is 4.16. The van der Waals surface area contributed by atoms with E-state index in [1.807, 2.05) is 0 Å². The van der Waals surface area contributed by atoms with Gasteiger partial charge in [0.25, 0.3) is 0 Å². The summed E-state index contributed by atoms with van der Waals surface area (Å²) < 4.78 is 16.6. The molecule has 3 atom stereocenters. The molecule has 2 fully saturated rings. The first-order valence-electron chi connectivity index (χ1n) is 9.57. The summed E-state index contributed by atoms with van der Waals surface area (Å²) in [6.45, 7) is 3.43. The summed E-state index contributed by atoms with van der Waals surface area (Å²) in [4.78, 5) is 14.8. The molecule has 6 nitrogen and oxygen atoms in total. The Bertz CT molecular complexity index is 678. The van der Waals surface area contributed by atoms with Gasteiger partial charge in [-0.15, -0.1) is 0 Å². The smallest absolute Gasteiger partial charge is 0.225 e. The number of methoxy groups -OCH3 is 2. The van der Waals surface area contributed by atoms with Gasteiger partial charge >= 0.3 is 0 Å². The zero-order valence-corrected chi connectivity index (χ0v) is 15.6. The van der Waals surface area contributed by atoms with Crippen molar-refractivity contribution in [1.29, 1.82) is 0 Å². The normalized spacial score (nSPS) is 27.2. The molecule has 3 aliphatic heterocycles. The summed E-state index contributed by atoms with van der Waals surface area (Å²) >= 11 is 0. The summed E-state index contributed by atoms with van der Waals surface area (Å²) in [5, 5.41) is 3.12. The molecular formula is C20H28N2O4. The highest BCUT2D eigenvalue weighted by atomic mass is 16.5. The van der Waals surface area contributed by atoms with Crippen molar-refractivity contribution >= 4 is 5.91 Å². The van der Waals surface area contributed by atoms with Crippen LogP contribution in [0.3, 0.4) is 0 Å². The largest absolute Gasteiger partial charge is 0.493 e. The summed E-state index contributed by atoms with van der Waals surface area (Å²) in [5.74, 6) is 1.80. The Morgan fingerprint density at radius 1 is 1.23 bits per heavy atom. The highest BCUT2D eigenvalue weighted by molar-refractivity contribution is 5.79. The van der Waals surface area contributed by atoms with E-state index < -0.39 is 0 Å². The van der Waals surface area contributed by atoms with E-state index >= 15 is 0 Å². The molecule has 0 saturated carbocycles. The Hall–Kier alpha value is -1.79. The van der Waals surface area contributed by atoms with E-state index in [0.717, 1.165) is 56.8 Å². The van der Waals surface area contributed by atoms with Crippen molar-refractivity contribution in [1.82, 2.24) is 10.2 Å². The lowest BCUT2D eigenvalue weighted by molar-refractivity contribution is -0.126. The van der Waals surface area contributed by atoms with Gasteiger partial charge in [-0.05, 0) is 48.9 Å². The van der Waals surface area contributed by atoms with Gasteiger partial charge in [0.2, 0.25) is 5.91 Å². The molecule has 0 aliphatic carbocycles. The first kappa shape index (κ1) is 17.6. The van der Waals surface area contributed by atoms with Gasteiger partial charge in [0.15, 0.2) is 11.5 Å². The summed E-state index contributed by atoms with van der Waals surface area (Å²) in [7, 11) is 3.34. The van der Waals surface area contributed by atoms with Crippen LogP contribution in [0.2, 0.25) is 0 Å². The van der Waals surface area contributed by atoms with Crippen molar-refractivity contribution < 1.29 is 19.0 Å². The molecule has 4 rings (SSSR count). The number of ether oxygens (including phenoxy) is 3. The van der Waals surface area contributed by atoms with Crippen LogP contribution in [-0.4, -0.2) is 56.9 Å². The molecule has 2 bridgehead atoms. The first-order valence-corrected chi connectivity index (χ1v) is 9.57. The van der Waals surface area contributed by atoms with E-state index in [9.17, 15) is 4.79 Å². The maximum atomic E-state index is 12.4. The van der Waals surface area contributed by atoms with Crippen LogP contribution in [0.15, 0.2) is 12.1 Å². The predicted octanol–water partition coefficient (Wildman–Crippen LogP) is 1.75. The average Bonchev–Trinajstić information content (AvgIpc) is 3.30. The van der Waals surface area contributed by atoms with Crippen LogP contribution in [0.1, 0.15) is 30.4 Å². The fraction of sp³-hybridized carbons (Fsp3) is 0.650. The number of hydrogen-bond donors (Lipinski definition) is 1. The van der Waals surface area contributed by atoms with Crippen LogP contribution >= 0.6 is 0 Å². The Kier molecular flexibility index (Phi) is 5.05. The highest BCUT2D eigenvalue weighted by Crippen LogP contribution is 2.38. The van der Waals surface area contributed by atoms with Crippen molar-refractivity contribution in [3.8, 4) is 11.5 Å². The van der Waals surface area contributed by atoms with Crippen molar-refractivity contribution in [2.45, 2.75) is 44.4 Å².